The fourth-order valence-corrected chi connectivity index (χ4v) is 2.20. The number of carbonyl (C=O) groups excluding carboxylic acids is 1. The van der Waals surface area contributed by atoms with E-state index in [0.29, 0.717) is 6.42 Å². The van der Waals surface area contributed by atoms with Gasteiger partial charge in [0.25, 0.3) is 0 Å². The normalized spacial score (nSPS) is 11.7. The van der Waals surface area contributed by atoms with Gasteiger partial charge in [-0.25, -0.2) is 0 Å². The Morgan fingerprint density at radius 2 is 1.45 bits per heavy atom. The number of amides is 1. The van der Waals surface area contributed by atoms with Gasteiger partial charge in [-0.15, -0.1) is 0 Å². The number of hydrogen-bond donors (Lipinski definition) is 1. The highest BCUT2D eigenvalue weighted by Gasteiger charge is 2.13. The molecule has 2 rings (SSSR count). The third-order valence-electron chi connectivity index (χ3n) is 3.34. The Balaban J connectivity index is 2.50. The average Bonchev–Trinajstić information content (AvgIpc) is 2.50. The third-order valence-corrected chi connectivity index (χ3v) is 3.34. The van der Waals surface area contributed by atoms with Gasteiger partial charge < -0.3 is 5.73 Å². The minimum absolute atomic E-state index is 0.245. The Bertz CT molecular complexity index is 546. The van der Waals surface area contributed by atoms with Crippen molar-refractivity contribution in [3.63, 3.8) is 0 Å². The van der Waals surface area contributed by atoms with Crippen molar-refractivity contribution in [1.82, 2.24) is 0 Å². The van der Waals surface area contributed by atoms with Crippen LogP contribution in [0.3, 0.4) is 0 Å². The van der Waals surface area contributed by atoms with Crippen LogP contribution >= 0.6 is 0 Å². The van der Waals surface area contributed by atoms with E-state index in [0.717, 1.165) is 16.7 Å². The Hall–Kier alpha value is -2.35. The van der Waals surface area contributed by atoms with Crippen molar-refractivity contribution in [2.45, 2.75) is 13.3 Å². The van der Waals surface area contributed by atoms with E-state index in [1.54, 1.807) is 0 Å². The Kier molecular flexibility index (Phi) is 4.72. The summed E-state index contributed by atoms with van der Waals surface area (Å²) in [4.78, 5) is 11.5. The SMILES string of the molecule is CCC(C=C(c1ccccc1)c1ccccc1)C(N)=O. The van der Waals surface area contributed by atoms with Gasteiger partial charge in [-0.1, -0.05) is 73.7 Å². The fraction of sp³-hybridized carbons (Fsp3) is 0.167. The van der Waals surface area contributed by atoms with Gasteiger partial charge in [-0.05, 0) is 23.1 Å². The van der Waals surface area contributed by atoms with Crippen LogP contribution in [0.25, 0.3) is 5.57 Å². The molecule has 102 valence electrons. The number of primary amides is 1. The maximum absolute atomic E-state index is 11.5. The molecule has 0 bridgehead atoms. The summed E-state index contributed by atoms with van der Waals surface area (Å²) in [5.74, 6) is -0.526. The first-order valence-corrected chi connectivity index (χ1v) is 6.84. The summed E-state index contributed by atoms with van der Waals surface area (Å²) >= 11 is 0. The predicted molar refractivity (Wildman–Crippen MR) is 82.9 cm³/mol. The molecule has 2 nitrogen and oxygen atoms in total. The maximum Gasteiger partial charge on any atom is 0.224 e. The van der Waals surface area contributed by atoms with Crippen LogP contribution in [-0.2, 0) is 4.79 Å². The van der Waals surface area contributed by atoms with Crippen molar-refractivity contribution in [3.8, 4) is 0 Å². The smallest absolute Gasteiger partial charge is 0.224 e. The molecule has 0 aliphatic rings. The van der Waals surface area contributed by atoms with E-state index in [2.05, 4.69) is 0 Å². The van der Waals surface area contributed by atoms with Crippen LogP contribution in [0, 0.1) is 5.92 Å². The van der Waals surface area contributed by atoms with Crippen LogP contribution in [0.5, 0.6) is 0 Å². The van der Waals surface area contributed by atoms with Gasteiger partial charge in [0.15, 0.2) is 0 Å². The molecule has 20 heavy (non-hydrogen) atoms. The van der Waals surface area contributed by atoms with Crippen molar-refractivity contribution in [2.75, 3.05) is 0 Å². The first kappa shape index (κ1) is 14.1. The first-order valence-electron chi connectivity index (χ1n) is 6.84. The van der Waals surface area contributed by atoms with Crippen molar-refractivity contribution >= 4 is 11.5 Å². The molecule has 0 heterocycles. The van der Waals surface area contributed by atoms with Crippen LogP contribution in [-0.4, -0.2) is 5.91 Å². The number of hydrogen-bond acceptors (Lipinski definition) is 1. The minimum Gasteiger partial charge on any atom is -0.369 e. The van der Waals surface area contributed by atoms with Crippen LogP contribution in [0.1, 0.15) is 24.5 Å². The van der Waals surface area contributed by atoms with Gasteiger partial charge in [0.1, 0.15) is 0 Å². The van der Waals surface area contributed by atoms with Gasteiger partial charge in [0.2, 0.25) is 5.91 Å². The average molecular weight is 265 g/mol. The van der Waals surface area contributed by atoms with E-state index in [4.69, 9.17) is 5.73 Å². The van der Waals surface area contributed by atoms with Crippen LogP contribution < -0.4 is 5.73 Å². The lowest BCUT2D eigenvalue weighted by molar-refractivity contribution is -0.120. The molecule has 0 aliphatic carbocycles. The zero-order valence-electron chi connectivity index (χ0n) is 11.6. The molecule has 0 fully saturated rings. The summed E-state index contributed by atoms with van der Waals surface area (Å²) in [7, 11) is 0. The monoisotopic (exact) mass is 265 g/mol. The molecule has 0 aliphatic heterocycles. The van der Waals surface area contributed by atoms with Crippen molar-refractivity contribution in [3.05, 3.63) is 77.9 Å². The molecule has 1 unspecified atom stereocenters. The number of rotatable bonds is 5. The Morgan fingerprint density at radius 3 is 1.80 bits per heavy atom. The zero-order chi connectivity index (χ0) is 14.4. The van der Waals surface area contributed by atoms with E-state index < -0.39 is 0 Å². The summed E-state index contributed by atoms with van der Waals surface area (Å²) in [6.07, 6.45) is 2.69. The Morgan fingerprint density at radius 1 is 1.00 bits per heavy atom. The summed E-state index contributed by atoms with van der Waals surface area (Å²) in [6, 6.07) is 20.1. The summed E-state index contributed by atoms with van der Waals surface area (Å²) < 4.78 is 0. The molecular formula is C18H19NO. The standard InChI is InChI=1S/C18H19NO/c1-2-14(18(19)20)13-17(15-9-5-3-6-10-15)16-11-7-4-8-12-16/h3-14H,2H2,1H3,(H2,19,20). The number of benzene rings is 2. The molecule has 2 aromatic rings. The number of nitrogens with two attached hydrogens (primary N) is 1. The second-order valence-corrected chi connectivity index (χ2v) is 4.73. The van der Waals surface area contributed by atoms with Crippen molar-refractivity contribution in [2.24, 2.45) is 11.7 Å². The van der Waals surface area contributed by atoms with E-state index in [-0.39, 0.29) is 11.8 Å². The third kappa shape index (κ3) is 3.35. The molecular weight excluding hydrogens is 246 g/mol. The summed E-state index contributed by atoms with van der Waals surface area (Å²) in [5.41, 5.74) is 8.71. The lowest BCUT2D eigenvalue weighted by atomic mass is 9.92. The van der Waals surface area contributed by atoms with E-state index in [9.17, 15) is 4.79 Å². The van der Waals surface area contributed by atoms with Gasteiger partial charge in [0.05, 0.1) is 5.92 Å². The van der Waals surface area contributed by atoms with Crippen LogP contribution in [0.2, 0.25) is 0 Å². The van der Waals surface area contributed by atoms with Gasteiger partial charge in [0, 0.05) is 0 Å². The van der Waals surface area contributed by atoms with Crippen molar-refractivity contribution in [1.29, 1.82) is 0 Å². The number of carbonyl (C=O) groups is 1. The van der Waals surface area contributed by atoms with Gasteiger partial charge in [-0.2, -0.15) is 0 Å². The molecule has 2 heteroatoms. The van der Waals surface area contributed by atoms with Crippen molar-refractivity contribution < 1.29 is 4.79 Å². The second kappa shape index (κ2) is 6.71. The summed E-state index contributed by atoms with van der Waals surface area (Å²) in [5, 5.41) is 0. The van der Waals surface area contributed by atoms with E-state index in [1.165, 1.54) is 0 Å². The zero-order valence-corrected chi connectivity index (χ0v) is 11.6. The molecule has 2 N–H and O–H groups in total. The minimum atomic E-state index is -0.281. The lowest BCUT2D eigenvalue weighted by Gasteiger charge is -2.12. The molecule has 1 amide bonds. The van der Waals surface area contributed by atoms with Crippen LogP contribution in [0.4, 0.5) is 0 Å². The highest BCUT2D eigenvalue weighted by Crippen LogP contribution is 2.25. The fourth-order valence-electron chi connectivity index (χ4n) is 2.20. The molecule has 0 aromatic heterocycles. The van der Waals surface area contributed by atoms with Crippen LogP contribution in [0.15, 0.2) is 66.7 Å². The topological polar surface area (TPSA) is 43.1 Å². The maximum atomic E-state index is 11.5. The first-order chi connectivity index (χ1) is 9.72. The molecule has 0 saturated heterocycles. The molecule has 0 saturated carbocycles. The highest BCUT2D eigenvalue weighted by molar-refractivity contribution is 5.85. The van der Waals surface area contributed by atoms with E-state index >= 15 is 0 Å². The lowest BCUT2D eigenvalue weighted by Crippen LogP contribution is -2.21. The van der Waals surface area contributed by atoms with Gasteiger partial charge >= 0.3 is 0 Å². The predicted octanol–water partition coefficient (Wildman–Crippen LogP) is 3.63. The molecule has 0 radical (unpaired) electrons. The highest BCUT2D eigenvalue weighted by atomic mass is 16.1. The molecule has 1 atom stereocenters. The van der Waals surface area contributed by atoms with Gasteiger partial charge in [-0.3, -0.25) is 4.79 Å². The second-order valence-electron chi connectivity index (χ2n) is 4.73. The largest absolute Gasteiger partial charge is 0.369 e. The quantitative estimate of drug-likeness (QED) is 0.881. The summed E-state index contributed by atoms with van der Waals surface area (Å²) in [6.45, 7) is 1.97. The Labute approximate surface area is 119 Å². The van der Waals surface area contributed by atoms with E-state index in [1.807, 2.05) is 73.7 Å². The molecule has 2 aromatic carbocycles. The molecule has 0 spiro atoms.